The molecule has 0 saturated heterocycles. The minimum absolute atomic E-state index is 0.0931. The largest absolute Gasteiger partial charge is 0.463 e. The number of hydrogen-bond donors (Lipinski definition) is 1. The lowest BCUT2D eigenvalue weighted by Gasteiger charge is -2.31. The molecular weight excluding hydrogens is 294 g/mol. The summed E-state index contributed by atoms with van der Waals surface area (Å²) in [5.74, 6) is -0.990. The molecule has 1 aliphatic rings. The molecule has 9 heteroatoms. The maximum atomic E-state index is 12.2. The molecule has 1 aromatic heterocycles. The first-order chi connectivity index (χ1) is 10.4. The van der Waals surface area contributed by atoms with Gasteiger partial charge in [-0.05, 0) is 19.9 Å². The average Bonchev–Trinajstić information content (AvgIpc) is 2.94. The van der Waals surface area contributed by atoms with Crippen LogP contribution in [0.1, 0.15) is 25.6 Å². The summed E-state index contributed by atoms with van der Waals surface area (Å²) < 4.78 is 10.1. The van der Waals surface area contributed by atoms with Crippen molar-refractivity contribution in [2.75, 3.05) is 13.7 Å². The average molecular weight is 309 g/mol. The van der Waals surface area contributed by atoms with E-state index >= 15 is 0 Å². The first-order valence-electron chi connectivity index (χ1n) is 6.53. The Kier molecular flexibility index (Phi) is 4.15. The van der Waals surface area contributed by atoms with Gasteiger partial charge in [0.25, 0.3) is 0 Å². The van der Waals surface area contributed by atoms with Crippen molar-refractivity contribution in [1.29, 1.82) is 0 Å². The van der Waals surface area contributed by atoms with E-state index in [9.17, 15) is 19.7 Å². The van der Waals surface area contributed by atoms with Crippen LogP contribution >= 0.6 is 0 Å². The monoisotopic (exact) mass is 309 g/mol. The van der Waals surface area contributed by atoms with Gasteiger partial charge in [-0.2, -0.15) is 0 Å². The van der Waals surface area contributed by atoms with Crippen LogP contribution in [0, 0.1) is 10.1 Å². The molecule has 0 aliphatic carbocycles. The Morgan fingerprint density at radius 3 is 2.77 bits per heavy atom. The summed E-state index contributed by atoms with van der Waals surface area (Å²) in [5, 5.41) is 13.3. The molecule has 0 spiro atoms. The standard InChI is InChI=1S/C13H15N3O6/c1-4-21-12(17)10-7(2)15(3)13(18)14-11(10)8-5-6-9(22-8)16(19)20/h5-6,11H,4H2,1-3H3,(H,14,18)/t11-/m1/s1. The number of rotatable bonds is 4. The zero-order valence-corrected chi connectivity index (χ0v) is 12.3. The van der Waals surface area contributed by atoms with E-state index in [2.05, 4.69) is 5.32 Å². The molecule has 0 bridgehead atoms. The number of nitrogens with zero attached hydrogens (tertiary/aromatic N) is 2. The molecule has 1 aliphatic heterocycles. The van der Waals surface area contributed by atoms with Gasteiger partial charge in [-0.1, -0.05) is 0 Å². The second kappa shape index (κ2) is 5.88. The second-order valence-electron chi connectivity index (χ2n) is 4.59. The molecule has 0 saturated carbocycles. The van der Waals surface area contributed by atoms with Crippen LogP contribution in [0.4, 0.5) is 10.7 Å². The number of urea groups is 1. The Morgan fingerprint density at radius 1 is 1.55 bits per heavy atom. The minimum Gasteiger partial charge on any atom is -0.463 e. The summed E-state index contributed by atoms with van der Waals surface area (Å²) in [7, 11) is 1.50. The third-order valence-corrected chi connectivity index (χ3v) is 3.33. The van der Waals surface area contributed by atoms with Gasteiger partial charge in [0, 0.05) is 12.7 Å². The lowest BCUT2D eigenvalue weighted by atomic mass is 10.0. The topological polar surface area (TPSA) is 115 Å². The van der Waals surface area contributed by atoms with Gasteiger partial charge in [0.05, 0.1) is 18.2 Å². The van der Waals surface area contributed by atoms with Crippen LogP contribution in [0.2, 0.25) is 0 Å². The Hall–Kier alpha value is -2.84. The van der Waals surface area contributed by atoms with Gasteiger partial charge in [-0.25, -0.2) is 9.59 Å². The number of nitro groups is 1. The Labute approximate surface area is 125 Å². The van der Waals surface area contributed by atoms with E-state index in [0.717, 1.165) is 6.07 Å². The van der Waals surface area contributed by atoms with Crippen molar-refractivity contribution < 1.29 is 23.7 Å². The fourth-order valence-corrected chi connectivity index (χ4v) is 2.12. The smallest absolute Gasteiger partial charge is 0.433 e. The lowest BCUT2D eigenvalue weighted by Crippen LogP contribution is -2.46. The van der Waals surface area contributed by atoms with Gasteiger partial charge in [-0.15, -0.1) is 0 Å². The summed E-state index contributed by atoms with van der Waals surface area (Å²) in [6, 6.07) is 1.13. The molecule has 2 rings (SSSR count). The summed E-state index contributed by atoms with van der Waals surface area (Å²) in [4.78, 5) is 35.3. The number of esters is 1. The van der Waals surface area contributed by atoms with Crippen molar-refractivity contribution in [2.45, 2.75) is 19.9 Å². The SMILES string of the molecule is CCOC(=O)C1=C(C)N(C)C(=O)N[C@@H]1c1ccc([N+](=O)[O-])o1. The summed E-state index contributed by atoms with van der Waals surface area (Å²) in [6.07, 6.45) is 0. The molecule has 22 heavy (non-hydrogen) atoms. The highest BCUT2D eigenvalue weighted by Gasteiger charge is 2.37. The van der Waals surface area contributed by atoms with Crippen LogP contribution in [-0.2, 0) is 9.53 Å². The maximum Gasteiger partial charge on any atom is 0.433 e. The summed E-state index contributed by atoms with van der Waals surface area (Å²) >= 11 is 0. The molecule has 0 aromatic carbocycles. The number of carbonyl (C=O) groups excluding carboxylic acids is 2. The van der Waals surface area contributed by atoms with Crippen LogP contribution in [0.3, 0.4) is 0 Å². The second-order valence-corrected chi connectivity index (χ2v) is 4.59. The number of nitrogens with one attached hydrogen (secondary N) is 1. The number of hydrogen-bond acceptors (Lipinski definition) is 6. The molecule has 118 valence electrons. The number of furan rings is 1. The fourth-order valence-electron chi connectivity index (χ4n) is 2.12. The van der Waals surface area contributed by atoms with Crippen molar-refractivity contribution >= 4 is 17.9 Å². The van der Waals surface area contributed by atoms with Crippen LogP contribution in [0.25, 0.3) is 0 Å². The normalized spacial score (nSPS) is 18.2. The Bertz CT molecular complexity index is 662. The third-order valence-electron chi connectivity index (χ3n) is 3.33. The van der Waals surface area contributed by atoms with E-state index in [1.165, 1.54) is 18.0 Å². The van der Waals surface area contributed by atoms with Gasteiger partial charge in [0.1, 0.15) is 16.7 Å². The molecule has 2 amide bonds. The number of carbonyl (C=O) groups is 2. The molecule has 0 fully saturated rings. The molecule has 1 atom stereocenters. The van der Waals surface area contributed by atoms with Crippen molar-refractivity contribution in [3.8, 4) is 0 Å². The van der Waals surface area contributed by atoms with Gasteiger partial charge in [0.15, 0.2) is 0 Å². The van der Waals surface area contributed by atoms with Crippen molar-refractivity contribution in [1.82, 2.24) is 10.2 Å². The van der Waals surface area contributed by atoms with Crippen LogP contribution in [-0.4, -0.2) is 35.5 Å². The summed E-state index contributed by atoms with van der Waals surface area (Å²) in [5.41, 5.74) is 0.569. The van der Waals surface area contributed by atoms with E-state index in [1.54, 1.807) is 13.8 Å². The molecule has 1 aromatic rings. The highest BCUT2D eigenvalue weighted by Crippen LogP contribution is 2.32. The van der Waals surface area contributed by atoms with Gasteiger partial charge in [0.2, 0.25) is 0 Å². The van der Waals surface area contributed by atoms with E-state index in [0.29, 0.717) is 5.70 Å². The lowest BCUT2D eigenvalue weighted by molar-refractivity contribution is -0.402. The van der Waals surface area contributed by atoms with E-state index in [1.807, 2.05) is 0 Å². The van der Waals surface area contributed by atoms with Gasteiger partial charge in [-0.3, -0.25) is 10.1 Å². The quantitative estimate of drug-likeness (QED) is 0.514. The maximum absolute atomic E-state index is 12.2. The van der Waals surface area contributed by atoms with E-state index in [-0.39, 0.29) is 17.9 Å². The van der Waals surface area contributed by atoms with Crippen LogP contribution in [0.15, 0.2) is 27.8 Å². The Balaban J connectivity index is 2.48. The summed E-state index contributed by atoms with van der Waals surface area (Å²) in [6.45, 7) is 3.42. The number of allylic oxidation sites excluding steroid dienone is 1. The highest BCUT2D eigenvalue weighted by atomic mass is 16.6. The van der Waals surface area contributed by atoms with Gasteiger partial charge >= 0.3 is 17.9 Å². The molecule has 2 heterocycles. The Morgan fingerprint density at radius 2 is 2.23 bits per heavy atom. The zero-order chi connectivity index (χ0) is 16.4. The zero-order valence-electron chi connectivity index (χ0n) is 12.3. The highest BCUT2D eigenvalue weighted by molar-refractivity contribution is 5.94. The van der Waals surface area contributed by atoms with Crippen molar-refractivity contribution in [3.05, 3.63) is 39.3 Å². The molecular formula is C13H15N3O6. The van der Waals surface area contributed by atoms with Crippen LogP contribution in [0.5, 0.6) is 0 Å². The first-order valence-corrected chi connectivity index (χ1v) is 6.53. The predicted octanol–water partition coefficient (Wildman–Crippen LogP) is 1.72. The van der Waals surface area contributed by atoms with Gasteiger partial charge < -0.3 is 19.4 Å². The first kappa shape index (κ1) is 15.5. The number of amides is 2. The van der Waals surface area contributed by atoms with Crippen molar-refractivity contribution in [2.24, 2.45) is 0 Å². The molecule has 9 nitrogen and oxygen atoms in total. The van der Waals surface area contributed by atoms with Crippen molar-refractivity contribution in [3.63, 3.8) is 0 Å². The van der Waals surface area contributed by atoms with E-state index in [4.69, 9.17) is 9.15 Å². The molecule has 1 N–H and O–H groups in total. The van der Waals surface area contributed by atoms with E-state index < -0.39 is 28.8 Å². The molecule has 0 unspecified atom stereocenters. The molecule has 0 radical (unpaired) electrons. The number of ether oxygens (including phenoxy) is 1. The minimum atomic E-state index is -0.934. The third kappa shape index (κ3) is 2.65. The predicted molar refractivity (Wildman–Crippen MR) is 73.7 cm³/mol. The van der Waals surface area contributed by atoms with Crippen LogP contribution < -0.4 is 5.32 Å². The fraction of sp³-hybridized carbons (Fsp3) is 0.385.